The third kappa shape index (κ3) is 5.80. The summed E-state index contributed by atoms with van der Waals surface area (Å²) in [6, 6.07) is 22.9. The lowest BCUT2D eigenvalue weighted by atomic mass is 9.98. The van der Waals surface area contributed by atoms with Gasteiger partial charge in [-0.1, -0.05) is 30.3 Å². The van der Waals surface area contributed by atoms with Crippen LogP contribution in [0.3, 0.4) is 0 Å². The van der Waals surface area contributed by atoms with Crippen molar-refractivity contribution < 1.29 is 23.8 Å². The lowest BCUT2D eigenvalue weighted by molar-refractivity contribution is -0.123. The standard InChI is InChI=1S/C32H34N4O5S/c1-20(2)33-27(37)18-35-28(38)19-42-31(25-17-24(40-4)15-16-26(25)41-5)29-30(21-9-7-6-8-10-21)34-36(32(29)35)22-11-13-23(39-3)14-12-22/h6-17,20,31H,18-19H2,1-5H3,(H,33,37)/t31-/m0/s1. The van der Waals surface area contributed by atoms with Crippen LogP contribution in [0.2, 0.25) is 0 Å². The van der Waals surface area contributed by atoms with E-state index in [2.05, 4.69) is 5.32 Å². The van der Waals surface area contributed by atoms with Gasteiger partial charge in [0.2, 0.25) is 11.8 Å². The number of ether oxygens (including phenoxy) is 3. The highest BCUT2D eigenvalue weighted by atomic mass is 32.2. The Bertz CT molecular complexity index is 1570. The van der Waals surface area contributed by atoms with Gasteiger partial charge in [0.15, 0.2) is 0 Å². The molecular weight excluding hydrogens is 552 g/mol. The van der Waals surface area contributed by atoms with Crippen LogP contribution >= 0.6 is 11.8 Å². The second-order valence-corrected chi connectivity index (χ2v) is 11.2. The molecule has 1 atom stereocenters. The number of nitrogens with one attached hydrogen (secondary N) is 1. The number of thioether (sulfide) groups is 1. The molecule has 0 saturated heterocycles. The molecule has 0 aliphatic carbocycles. The van der Waals surface area contributed by atoms with Crippen LogP contribution < -0.4 is 24.4 Å². The Labute approximate surface area is 249 Å². The maximum atomic E-state index is 13.9. The number of benzene rings is 3. The summed E-state index contributed by atoms with van der Waals surface area (Å²) < 4.78 is 18.5. The summed E-state index contributed by atoms with van der Waals surface area (Å²) in [5.74, 6) is 2.25. The fraction of sp³-hybridized carbons (Fsp3) is 0.281. The summed E-state index contributed by atoms with van der Waals surface area (Å²) >= 11 is 1.47. The Balaban J connectivity index is 1.82. The van der Waals surface area contributed by atoms with Gasteiger partial charge in [-0.2, -0.15) is 5.10 Å². The molecule has 1 N–H and O–H groups in total. The number of nitrogens with zero attached hydrogens (tertiary/aromatic N) is 3. The molecule has 10 heteroatoms. The van der Waals surface area contributed by atoms with Crippen LogP contribution in [0.5, 0.6) is 17.2 Å². The minimum absolute atomic E-state index is 0.0754. The van der Waals surface area contributed by atoms with Crippen LogP contribution in [0.4, 0.5) is 5.82 Å². The molecule has 5 rings (SSSR count). The number of fused-ring (bicyclic) bond motifs is 1. The minimum atomic E-state index is -0.366. The number of carbonyl (C=O) groups is 2. The van der Waals surface area contributed by atoms with Crippen LogP contribution in [-0.2, 0) is 9.59 Å². The lowest BCUT2D eigenvalue weighted by Gasteiger charge is -2.24. The minimum Gasteiger partial charge on any atom is -0.497 e. The number of hydrogen-bond acceptors (Lipinski definition) is 7. The predicted molar refractivity (Wildman–Crippen MR) is 165 cm³/mol. The first kappa shape index (κ1) is 29.1. The van der Waals surface area contributed by atoms with Gasteiger partial charge in [0.05, 0.1) is 43.7 Å². The van der Waals surface area contributed by atoms with E-state index >= 15 is 0 Å². The normalized spacial score (nSPS) is 14.8. The smallest absolute Gasteiger partial charge is 0.240 e. The first-order valence-corrected chi connectivity index (χ1v) is 14.7. The van der Waals surface area contributed by atoms with Gasteiger partial charge in [0.1, 0.15) is 29.6 Å². The third-order valence-electron chi connectivity index (χ3n) is 6.92. The predicted octanol–water partition coefficient (Wildman–Crippen LogP) is 5.26. The van der Waals surface area contributed by atoms with Crippen molar-refractivity contribution in [3.63, 3.8) is 0 Å². The summed E-state index contributed by atoms with van der Waals surface area (Å²) in [5, 5.41) is 7.68. The average Bonchev–Trinajstić information content (AvgIpc) is 3.33. The number of hydrogen-bond donors (Lipinski definition) is 1. The molecule has 2 heterocycles. The van der Waals surface area contributed by atoms with E-state index in [4.69, 9.17) is 19.3 Å². The molecule has 1 aromatic heterocycles. The monoisotopic (exact) mass is 586 g/mol. The molecule has 0 spiro atoms. The molecule has 0 bridgehead atoms. The van der Waals surface area contributed by atoms with E-state index in [9.17, 15) is 9.59 Å². The SMILES string of the molecule is COc1ccc(-n2nc(-c3ccccc3)c3c2N(CC(=O)NC(C)C)C(=O)CS[C@H]3c2cc(OC)ccc2OC)cc1. The zero-order chi connectivity index (χ0) is 29.8. The van der Waals surface area contributed by atoms with Crippen molar-refractivity contribution >= 4 is 29.4 Å². The van der Waals surface area contributed by atoms with Crippen molar-refractivity contribution in [2.24, 2.45) is 0 Å². The Kier molecular flexibility index (Phi) is 8.72. The highest BCUT2D eigenvalue weighted by Gasteiger charge is 2.39. The number of methoxy groups -OCH3 is 3. The van der Waals surface area contributed by atoms with E-state index in [1.54, 1.807) is 30.9 Å². The molecule has 0 unspecified atom stereocenters. The van der Waals surface area contributed by atoms with Crippen molar-refractivity contribution in [3.05, 3.63) is 83.9 Å². The van der Waals surface area contributed by atoms with Gasteiger partial charge >= 0.3 is 0 Å². The summed E-state index contributed by atoms with van der Waals surface area (Å²) in [6.07, 6.45) is 0. The van der Waals surface area contributed by atoms with Crippen molar-refractivity contribution in [1.29, 1.82) is 0 Å². The number of carbonyl (C=O) groups excluding carboxylic acids is 2. The molecule has 1 aliphatic heterocycles. The highest BCUT2D eigenvalue weighted by Crippen LogP contribution is 2.51. The summed E-state index contributed by atoms with van der Waals surface area (Å²) in [5.41, 5.74) is 3.95. The van der Waals surface area contributed by atoms with Gasteiger partial charge in [0, 0.05) is 22.7 Å². The second-order valence-electron chi connectivity index (χ2n) is 10.1. The highest BCUT2D eigenvalue weighted by molar-refractivity contribution is 8.00. The Morgan fingerprint density at radius 3 is 2.31 bits per heavy atom. The van der Waals surface area contributed by atoms with E-state index < -0.39 is 0 Å². The van der Waals surface area contributed by atoms with E-state index in [1.165, 1.54) is 11.8 Å². The molecule has 9 nitrogen and oxygen atoms in total. The van der Waals surface area contributed by atoms with Gasteiger partial charge in [-0.05, 0) is 56.3 Å². The molecule has 1 aliphatic rings. The maximum absolute atomic E-state index is 13.9. The van der Waals surface area contributed by atoms with Crippen molar-refractivity contribution in [2.75, 3.05) is 38.5 Å². The fourth-order valence-corrected chi connectivity index (χ4v) is 6.25. The molecular formula is C32H34N4O5S. The van der Waals surface area contributed by atoms with Gasteiger partial charge in [-0.3, -0.25) is 14.5 Å². The topological polar surface area (TPSA) is 94.9 Å². The average molecular weight is 587 g/mol. The number of aromatic nitrogens is 2. The van der Waals surface area contributed by atoms with Crippen LogP contribution in [0.25, 0.3) is 16.9 Å². The molecule has 3 aromatic carbocycles. The van der Waals surface area contributed by atoms with E-state index in [0.717, 1.165) is 22.4 Å². The number of rotatable bonds is 9. The van der Waals surface area contributed by atoms with Crippen LogP contribution in [0, 0.1) is 0 Å². The van der Waals surface area contributed by atoms with Gasteiger partial charge in [0.25, 0.3) is 0 Å². The molecule has 0 saturated carbocycles. The summed E-state index contributed by atoms with van der Waals surface area (Å²) in [7, 11) is 4.85. The van der Waals surface area contributed by atoms with E-state index in [0.29, 0.717) is 28.8 Å². The quantitative estimate of drug-likeness (QED) is 0.286. The Morgan fingerprint density at radius 1 is 0.976 bits per heavy atom. The van der Waals surface area contributed by atoms with Crippen LogP contribution in [0.1, 0.15) is 30.2 Å². The van der Waals surface area contributed by atoms with Crippen LogP contribution in [0.15, 0.2) is 72.8 Å². The van der Waals surface area contributed by atoms with Crippen molar-refractivity contribution in [1.82, 2.24) is 15.1 Å². The summed E-state index contributed by atoms with van der Waals surface area (Å²) in [4.78, 5) is 28.6. The van der Waals surface area contributed by atoms with Gasteiger partial charge < -0.3 is 19.5 Å². The van der Waals surface area contributed by atoms with Gasteiger partial charge in [-0.15, -0.1) is 11.8 Å². The molecule has 218 valence electrons. The zero-order valence-electron chi connectivity index (χ0n) is 24.3. The molecule has 4 aromatic rings. The zero-order valence-corrected chi connectivity index (χ0v) is 25.1. The van der Waals surface area contributed by atoms with Crippen molar-refractivity contribution in [3.8, 4) is 34.2 Å². The van der Waals surface area contributed by atoms with Gasteiger partial charge in [-0.25, -0.2) is 4.68 Å². The molecule has 2 amide bonds. The third-order valence-corrected chi connectivity index (χ3v) is 8.16. The number of amides is 2. The molecule has 0 radical (unpaired) electrons. The second kappa shape index (κ2) is 12.6. The molecule has 0 fully saturated rings. The summed E-state index contributed by atoms with van der Waals surface area (Å²) in [6.45, 7) is 3.63. The number of anilines is 1. The first-order chi connectivity index (χ1) is 20.3. The molecule has 42 heavy (non-hydrogen) atoms. The lowest BCUT2D eigenvalue weighted by Crippen LogP contribution is -2.44. The van der Waals surface area contributed by atoms with Crippen molar-refractivity contribution in [2.45, 2.75) is 25.1 Å². The van der Waals surface area contributed by atoms with E-state index in [-0.39, 0.29) is 35.4 Å². The van der Waals surface area contributed by atoms with Crippen LogP contribution in [-0.4, -0.2) is 61.3 Å². The largest absolute Gasteiger partial charge is 0.497 e. The Morgan fingerprint density at radius 2 is 1.67 bits per heavy atom. The maximum Gasteiger partial charge on any atom is 0.240 e. The van der Waals surface area contributed by atoms with E-state index in [1.807, 2.05) is 86.6 Å². The fourth-order valence-electron chi connectivity index (χ4n) is 5.03. The Hall–Kier alpha value is -4.44. The first-order valence-electron chi connectivity index (χ1n) is 13.6.